The lowest BCUT2D eigenvalue weighted by molar-refractivity contribution is 0.549. The highest BCUT2D eigenvalue weighted by Gasteiger charge is 2.15. The molecule has 0 fully saturated rings. The highest BCUT2D eigenvalue weighted by molar-refractivity contribution is 9.10. The van der Waals surface area contributed by atoms with Crippen molar-refractivity contribution in [2.24, 2.45) is 5.84 Å². The maximum atomic E-state index is 6.29. The van der Waals surface area contributed by atoms with Gasteiger partial charge in [0.2, 0.25) is 0 Å². The van der Waals surface area contributed by atoms with Crippen molar-refractivity contribution in [1.29, 1.82) is 0 Å². The Morgan fingerprint density at radius 1 is 1.20 bits per heavy atom. The fourth-order valence-electron chi connectivity index (χ4n) is 2.30. The zero-order valence-electron chi connectivity index (χ0n) is 11.6. The number of benzene rings is 2. The van der Waals surface area contributed by atoms with Crippen LogP contribution in [0.4, 0.5) is 0 Å². The Balaban J connectivity index is 2.31. The molecule has 2 nitrogen and oxygen atoms in total. The van der Waals surface area contributed by atoms with Gasteiger partial charge in [-0.3, -0.25) is 11.3 Å². The van der Waals surface area contributed by atoms with Crippen molar-refractivity contribution in [3.05, 3.63) is 68.1 Å². The van der Waals surface area contributed by atoms with Crippen LogP contribution in [0.25, 0.3) is 0 Å². The SMILES string of the molecule is Cc1ccc(C)c(C(Cc2ccc(Br)cc2Cl)NN)c1. The van der Waals surface area contributed by atoms with Crippen molar-refractivity contribution in [2.75, 3.05) is 0 Å². The van der Waals surface area contributed by atoms with Crippen LogP contribution in [-0.4, -0.2) is 0 Å². The molecule has 0 saturated carbocycles. The van der Waals surface area contributed by atoms with Gasteiger partial charge in [0.1, 0.15) is 0 Å². The molecule has 0 aliphatic heterocycles. The quantitative estimate of drug-likeness (QED) is 0.629. The van der Waals surface area contributed by atoms with Crippen LogP contribution in [0.5, 0.6) is 0 Å². The van der Waals surface area contributed by atoms with E-state index >= 15 is 0 Å². The van der Waals surface area contributed by atoms with Crippen molar-refractivity contribution in [2.45, 2.75) is 26.3 Å². The number of rotatable bonds is 4. The minimum absolute atomic E-state index is 0.0496. The molecule has 1 atom stereocenters. The Labute approximate surface area is 133 Å². The van der Waals surface area contributed by atoms with E-state index in [1.165, 1.54) is 16.7 Å². The van der Waals surface area contributed by atoms with Crippen LogP contribution in [0, 0.1) is 13.8 Å². The van der Waals surface area contributed by atoms with Crippen LogP contribution in [0.2, 0.25) is 5.02 Å². The average Bonchev–Trinajstić information content (AvgIpc) is 2.41. The zero-order chi connectivity index (χ0) is 14.7. The number of nitrogens with two attached hydrogens (primary N) is 1. The molecule has 2 rings (SSSR count). The average molecular weight is 354 g/mol. The second-order valence-corrected chi connectivity index (χ2v) is 6.34. The van der Waals surface area contributed by atoms with Gasteiger partial charge < -0.3 is 0 Å². The van der Waals surface area contributed by atoms with E-state index in [0.717, 1.165) is 21.5 Å². The second-order valence-electron chi connectivity index (χ2n) is 5.02. The summed E-state index contributed by atoms with van der Waals surface area (Å²) in [5.41, 5.74) is 7.66. The van der Waals surface area contributed by atoms with Crippen LogP contribution in [-0.2, 0) is 6.42 Å². The first kappa shape index (κ1) is 15.5. The summed E-state index contributed by atoms with van der Waals surface area (Å²) >= 11 is 9.71. The number of hydrogen-bond acceptors (Lipinski definition) is 2. The van der Waals surface area contributed by atoms with E-state index in [9.17, 15) is 0 Å². The molecule has 2 aromatic rings. The molecule has 0 radical (unpaired) electrons. The van der Waals surface area contributed by atoms with E-state index in [1.807, 2.05) is 18.2 Å². The van der Waals surface area contributed by atoms with Crippen LogP contribution in [0.15, 0.2) is 40.9 Å². The third-order valence-electron chi connectivity index (χ3n) is 3.45. The van der Waals surface area contributed by atoms with E-state index in [4.69, 9.17) is 17.4 Å². The predicted octanol–water partition coefficient (Wildman–Crippen LogP) is 4.47. The fraction of sp³-hybridized carbons (Fsp3) is 0.250. The lowest BCUT2D eigenvalue weighted by atomic mass is 9.94. The predicted molar refractivity (Wildman–Crippen MR) is 88.8 cm³/mol. The summed E-state index contributed by atoms with van der Waals surface area (Å²) in [6, 6.07) is 12.4. The van der Waals surface area contributed by atoms with Gasteiger partial charge in [-0.25, -0.2) is 0 Å². The number of hydrogen-bond donors (Lipinski definition) is 2. The number of halogens is 2. The van der Waals surface area contributed by atoms with Crippen molar-refractivity contribution >= 4 is 27.5 Å². The first-order chi connectivity index (χ1) is 9.51. The van der Waals surface area contributed by atoms with Gasteiger partial charge >= 0.3 is 0 Å². The van der Waals surface area contributed by atoms with Gasteiger partial charge in [0, 0.05) is 9.50 Å². The number of nitrogens with one attached hydrogen (secondary N) is 1. The Morgan fingerprint density at radius 3 is 2.60 bits per heavy atom. The van der Waals surface area contributed by atoms with Gasteiger partial charge in [0.25, 0.3) is 0 Å². The van der Waals surface area contributed by atoms with Gasteiger partial charge in [-0.2, -0.15) is 0 Å². The molecule has 0 aliphatic rings. The summed E-state index contributed by atoms with van der Waals surface area (Å²) in [4.78, 5) is 0. The molecule has 0 heterocycles. The van der Waals surface area contributed by atoms with Crippen molar-refractivity contribution in [3.63, 3.8) is 0 Å². The van der Waals surface area contributed by atoms with E-state index in [1.54, 1.807) is 0 Å². The summed E-state index contributed by atoms with van der Waals surface area (Å²) in [6.07, 6.45) is 0.757. The monoisotopic (exact) mass is 352 g/mol. The largest absolute Gasteiger partial charge is 0.271 e. The zero-order valence-corrected chi connectivity index (χ0v) is 13.9. The molecule has 4 heteroatoms. The number of aryl methyl sites for hydroxylation is 2. The fourth-order valence-corrected chi connectivity index (χ4v) is 3.05. The minimum atomic E-state index is 0.0496. The molecule has 20 heavy (non-hydrogen) atoms. The summed E-state index contributed by atoms with van der Waals surface area (Å²) in [7, 11) is 0. The third kappa shape index (κ3) is 3.61. The first-order valence-electron chi connectivity index (χ1n) is 6.48. The Kier molecular flexibility index (Phi) is 5.22. The van der Waals surface area contributed by atoms with Crippen LogP contribution >= 0.6 is 27.5 Å². The molecule has 0 bridgehead atoms. The van der Waals surface area contributed by atoms with E-state index in [-0.39, 0.29) is 6.04 Å². The summed E-state index contributed by atoms with van der Waals surface area (Å²) in [6.45, 7) is 4.19. The molecule has 2 aromatic carbocycles. The topological polar surface area (TPSA) is 38.0 Å². The summed E-state index contributed by atoms with van der Waals surface area (Å²) in [5, 5.41) is 0.755. The van der Waals surface area contributed by atoms with Crippen LogP contribution < -0.4 is 11.3 Å². The van der Waals surface area contributed by atoms with Gasteiger partial charge in [-0.05, 0) is 49.1 Å². The van der Waals surface area contributed by atoms with E-state index in [2.05, 4.69) is 53.4 Å². The van der Waals surface area contributed by atoms with Gasteiger partial charge in [0.05, 0.1) is 6.04 Å². The minimum Gasteiger partial charge on any atom is -0.271 e. The van der Waals surface area contributed by atoms with Gasteiger partial charge in [-0.1, -0.05) is 57.4 Å². The Hall–Kier alpha value is -0.870. The first-order valence-corrected chi connectivity index (χ1v) is 7.65. The van der Waals surface area contributed by atoms with Crippen molar-refractivity contribution in [1.82, 2.24) is 5.43 Å². The molecule has 0 amide bonds. The van der Waals surface area contributed by atoms with Crippen LogP contribution in [0.3, 0.4) is 0 Å². The van der Waals surface area contributed by atoms with E-state index < -0.39 is 0 Å². The molecule has 0 aromatic heterocycles. The second kappa shape index (κ2) is 6.72. The van der Waals surface area contributed by atoms with Gasteiger partial charge in [0.15, 0.2) is 0 Å². The summed E-state index contributed by atoms with van der Waals surface area (Å²) < 4.78 is 0.982. The lowest BCUT2D eigenvalue weighted by Crippen LogP contribution is -2.30. The summed E-state index contributed by atoms with van der Waals surface area (Å²) in [5.74, 6) is 5.75. The lowest BCUT2D eigenvalue weighted by Gasteiger charge is -2.20. The smallest absolute Gasteiger partial charge is 0.0503 e. The van der Waals surface area contributed by atoms with Crippen molar-refractivity contribution in [3.8, 4) is 0 Å². The molecule has 106 valence electrons. The third-order valence-corrected chi connectivity index (χ3v) is 4.30. The molecule has 0 saturated heterocycles. The molecule has 1 unspecified atom stereocenters. The molecule has 0 aliphatic carbocycles. The Morgan fingerprint density at radius 2 is 1.95 bits per heavy atom. The van der Waals surface area contributed by atoms with Crippen molar-refractivity contribution < 1.29 is 0 Å². The molecular formula is C16H18BrClN2. The van der Waals surface area contributed by atoms with Gasteiger partial charge in [-0.15, -0.1) is 0 Å². The normalized spacial score (nSPS) is 12.4. The maximum absolute atomic E-state index is 6.29. The maximum Gasteiger partial charge on any atom is 0.0503 e. The molecule has 0 spiro atoms. The number of hydrazine groups is 1. The molecule has 3 N–H and O–H groups in total. The van der Waals surface area contributed by atoms with E-state index in [0.29, 0.717) is 0 Å². The highest BCUT2D eigenvalue weighted by atomic mass is 79.9. The Bertz CT molecular complexity index is 613. The highest BCUT2D eigenvalue weighted by Crippen LogP contribution is 2.27. The van der Waals surface area contributed by atoms with Crippen LogP contribution in [0.1, 0.15) is 28.3 Å². The standard InChI is InChI=1S/C16H18BrClN2/c1-10-3-4-11(2)14(7-10)16(20-19)8-12-5-6-13(17)9-15(12)18/h3-7,9,16,20H,8,19H2,1-2H3. The molecular weight excluding hydrogens is 336 g/mol.